The molecule has 57 heavy (non-hydrogen) atoms. The first-order chi connectivity index (χ1) is 26.8. The van der Waals surface area contributed by atoms with Gasteiger partial charge in [-0.05, 0) is 109 Å². The van der Waals surface area contributed by atoms with E-state index in [1.54, 1.807) is 80.6 Å². The minimum absolute atomic E-state index is 0.0340. The van der Waals surface area contributed by atoms with Crippen molar-refractivity contribution in [1.29, 1.82) is 0 Å². The molecule has 16 heteroatoms. The van der Waals surface area contributed by atoms with E-state index >= 15 is 9.18 Å². The summed E-state index contributed by atoms with van der Waals surface area (Å²) in [5.74, 6) is -0.0391. The average molecular weight is 848 g/mol. The summed E-state index contributed by atoms with van der Waals surface area (Å²) < 4.78 is 44.2. The highest BCUT2D eigenvalue weighted by atomic mass is 35.5. The van der Waals surface area contributed by atoms with Crippen LogP contribution in [0.15, 0.2) is 42.1 Å². The van der Waals surface area contributed by atoms with E-state index in [9.17, 15) is 9.59 Å². The van der Waals surface area contributed by atoms with Crippen LogP contribution in [0, 0.1) is 12.7 Å². The SMILES string of the molecule is COc1ccc(F)c(CN(C(=O)C2=C(c3cnc(OCCOc4c(Cl)cc(C)cc4Cl)s3)CC3CN(C(=O)OC(C)(C)C)CC2N3C(=O)OC(C)(C)C)C2CC2)c1. The Balaban J connectivity index is 1.37. The van der Waals surface area contributed by atoms with E-state index in [1.165, 1.54) is 30.6 Å². The van der Waals surface area contributed by atoms with Gasteiger partial charge < -0.3 is 33.5 Å². The average Bonchev–Trinajstić information content (AvgIpc) is 3.84. The van der Waals surface area contributed by atoms with E-state index in [4.69, 9.17) is 46.9 Å². The molecule has 2 aromatic carbocycles. The lowest BCUT2D eigenvalue weighted by molar-refractivity contribution is -0.129. The number of rotatable bonds is 11. The van der Waals surface area contributed by atoms with Gasteiger partial charge in [-0.2, -0.15) is 0 Å². The molecule has 12 nitrogen and oxygen atoms in total. The van der Waals surface area contributed by atoms with Crippen LogP contribution in [0.1, 0.15) is 76.8 Å². The summed E-state index contributed by atoms with van der Waals surface area (Å²) in [4.78, 5) is 52.9. The number of carbonyl (C=O) groups excluding carboxylic acids is 3. The molecule has 3 heterocycles. The van der Waals surface area contributed by atoms with Crippen LogP contribution in [0.4, 0.5) is 14.0 Å². The first-order valence-electron chi connectivity index (χ1n) is 18.8. The number of amides is 3. The Labute approximate surface area is 346 Å². The number of hydrogen-bond acceptors (Lipinski definition) is 10. The molecule has 2 fully saturated rings. The summed E-state index contributed by atoms with van der Waals surface area (Å²) in [6.45, 7) is 12.9. The van der Waals surface area contributed by atoms with Gasteiger partial charge in [-0.3, -0.25) is 9.69 Å². The molecule has 1 aromatic heterocycles. The van der Waals surface area contributed by atoms with Crippen molar-refractivity contribution in [1.82, 2.24) is 19.7 Å². The van der Waals surface area contributed by atoms with Crippen LogP contribution in [0.2, 0.25) is 10.0 Å². The Hall–Kier alpha value is -4.27. The minimum Gasteiger partial charge on any atom is -0.497 e. The summed E-state index contributed by atoms with van der Waals surface area (Å²) in [6.07, 6.45) is 2.13. The maximum atomic E-state index is 15.3. The van der Waals surface area contributed by atoms with Gasteiger partial charge in [-0.25, -0.2) is 19.0 Å². The van der Waals surface area contributed by atoms with E-state index in [2.05, 4.69) is 4.98 Å². The van der Waals surface area contributed by atoms with Crippen LogP contribution in [0.3, 0.4) is 0 Å². The maximum Gasteiger partial charge on any atom is 0.411 e. The topological polar surface area (TPSA) is 120 Å². The Bertz CT molecular complexity index is 2020. The van der Waals surface area contributed by atoms with E-state index in [1.807, 2.05) is 6.92 Å². The lowest BCUT2D eigenvalue weighted by Crippen LogP contribution is -2.66. The summed E-state index contributed by atoms with van der Waals surface area (Å²) in [5, 5.41) is 1.12. The highest BCUT2D eigenvalue weighted by Crippen LogP contribution is 2.44. The predicted octanol–water partition coefficient (Wildman–Crippen LogP) is 8.94. The second kappa shape index (κ2) is 16.9. The van der Waals surface area contributed by atoms with Crippen molar-refractivity contribution in [2.45, 2.75) is 104 Å². The van der Waals surface area contributed by atoms with E-state index in [-0.39, 0.29) is 56.8 Å². The highest BCUT2D eigenvalue weighted by molar-refractivity contribution is 7.14. The van der Waals surface area contributed by atoms with Crippen molar-refractivity contribution in [2.24, 2.45) is 0 Å². The van der Waals surface area contributed by atoms with Crippen LogP contribution < -0.4 is 14.2 Å². The van der Waals surface area contributed by atoms with Gasteiger partial charge in [0, 0.05) is 43.0 Å². The van der Waals surface area contributed by atoms with Crippen LogP contribution in [-0.4, -0.2) is 101 Å². The zero-order valence-electron chi connectivity index (χ0n) is 33.4. The van der Waals surface area contributed by atoms with E-state index < -0.39 is 41.3 Å². The standard InChI is InChI=1S/C41H49Cl2FN4O8S/c1-23-15-29(42)35(30(43)16-23)53-13-14-54-37-45-19-33(57-37)28-18-26-21-46(38(50)55-40(2,3)4)22-32(48(26)39(51)56-41(5,6)7)34(28)36(49)47(25-9-10-25)20-24-17-27(52-8)11-12-31(24)44/h11-12,15-17,19,25-26,32H,9-10,13-14,18,20-22H2,1-8H3. The molecule has 6 rings (SSSR count). The predicted molar refractivity (Wildman–Crippen MR) is 216 cm³/mol. The molecule has 2 unspecified atom stereocenters. The van der Waals surface area contributed by atoms with Gasteiger partial charge in [0.25, 0.3) is 11.1 Å². The first kappa shape index (κ1) is 42.3. The van der Waals surface area contributed by atoms with E-state index in [0.29, 0.717) is 42.8 Å². The summed E-state index contributed by atoms with van der Waals surface area (Å²) >= 11 is 13.9. The van der Waals surface area contributed by atoms with Crippen LogP contribution >= 0.6 is 34.5 Å². The number of halogens is 3. The fraction of sp³-hybridized carbons (Fsp3) is 0.512. The molecule has 2 bridgehead atoms. The Morgan fingerprint density at radius 1 is 0.947 bits per heavy atom. The van der Waals surface area contributed by atoms with Crippen LogP contribution in [0.25, 0.3) is 5.57 Å². The molecule has 1 aliphatic carbocycles. The van der Waals surface area contributed by atoms with Crippen molar-refractivity contribution in [2.75, 3.05) is 33.4 Å². The van der Waals surface area contributed by atoms with Crippen molar-refractivity contribution >= 4 is 58.2 Å². The number of ether oxygens (including phenoxy) is 5. The Morgan fingerprint density at radius 2 is 1.60 bits per heavy atom. The number of aromatic nitrogens is 1. The molecule has 0 N–H and O–H groups in total. The van der Waals surface area contributed by atoms with Gasteiger partial charge in [0.2, 0.25) is 0 Å². The Morgan fingerprint density at radius 3 is 2.23 bits per heavy atom. The molecular formula is C41H49Cl2FN4O8S. The van der Waals surface area contributed by atoms with E-state index in [0.717, 1.165) is 18.4 Å². The molecule has 3 aliphatic rings. The minimum atomic E-state index is -0.928. The van der Waals surface area contributed by atoms with Crippen molar-refractivity contribution < 1.29 is 42.5 Å². The van der Waals surface area contributed by atoms with Gasteiger partial charge >= 0.3 is 12.2 Å². The van der Waals surface area contributed by atoms with Crippen molar-refractivity contribution in [3.8, 4) is 16.7 Å². The number of thiazole rings is 1. The lowest BCUT2D eigenvalue weighted by Gasteiger charge is -2.51. The molecule has 308 valence electrons. The molecule has 0 spiro atoms. The normalized spacial score (nSPS) is 18.3. The number of methoxy groups -OCH3 is 1. The quantitative estimate of drug-likeness (QED) is 0.174. The van der Waals surface area contributed by atoms with Gasteiger partial charge in [-0.15, -0.1) is 0 Å². The summed E-state index contributed by atoms with van der Waals surface area (Å²) in [7, 11) is 1.50. The number of nitrogens with zero attached hydrogens (tertiary/aromatic N) is 4. The Kier molecular flexibility index (Phi) is 12.6. The number of benzene rings is 2. The number of carbonyl (C=O) groups is 3. The fourth-order valence-corrected chi connectivity index (χ4v) is 8.49. The third kappa shape index (κ3) is 10.2. The molecule has 3 aromatic rings. The fourth-order valence-electron chi connectivity index (χ4n) is 6.93. The van der Waals surface area contributed by atoms with Gasteiger partial charge in [-0.1, -0.05) is 34.5 Å². The number of fused-ring (bicyclic) bond motifs is 2. The molecule has 2 atom stereocenters. The number of aryl methyl sites for hydroxylation is 1. The summed E-state index contributed by atoms with van der Waals surface area (Å²) in [5.41, 5.74) is 0.540. The maximum absolute atomic E-state index is 15.3. The molecule has 1 saturated heterocycles. The van der Waals surface area contributed by atoms with Crippen LogP contribution in [0.5, 0.6) is 16.7 Å². The van der Waals surface area contributed by atoms with Gasteiger partial charge in [0.05, 0.1) is 34.1 Å². The smallest absolute Gasteiger partial charge is 0.411 e. The number of piperazine rings is 1. The first-order valence-corrected chi connectivity index (χ1v) is 20.4. The monoisotopic (exact) mass is 846 g/mol. The molecular weight excluding hydrogens is 798 g/mol. The lowest BCUT2D eigenvalue weighted by atomic mass is 9.83. The molecule has 2 aliphatic heterocycles. The van der Waals surface area contributed by atoms with Gasteiger partial charge in [0.15, 0.2) is 5.75 Å². The second-order valence-corrected chi connectivity index (χ2v) is 18.2. The zero-order valence-corrected chi connectivity index (χ0v) is 35.8. The van der Waals surface area contributed by atoms with Gasteiger partial charge in [0.1, 0.15) is 36.0 Å². The third-order valence-electron chi connectivity index (χ3n) is 9.46. The molecule has 3 amide bonds. The third-order valence-corrected chi connectivity index (χ3v) is 11.0. The molecule has 0 radical (unpaired) electrons. The largest absolute Gasteiger partial charge is 0.497 e. The summed E-state index contributed by atoms with van der Waals surface area (Å²) in [6, 6.07) is 6.28. The van der Waals surface area contributed by atoms with Crippen molar-refractivity contribution in [3.63, 3.8) is 0 Å². The highest BCUT2D eigenvalue weighted by Gasteiger charge is 2.51. The molecule has 1 saturated carbocycles. The number of hydrogen-bond donors (Lipinski definition) is 0. The second-order valence-electron chi connectivity index (χ2n) is 16.4. The zero-order chi connectivity index (χ0) is 41.4. The van der Waals surface area contributed by atoms with Crippen LogP contribution in [-0.2, 0) is 20.8 Å². The van der Waals surface area contributed by atoms with Crippen molar-refractivity contribution in [3.05, 3.63) is 74.0 Å².